The fourth-order valence-electron chi connectivity index (χ4n) is 2.08. The first kappa shape index (κ1) is 17.2. The lowest BCUT2D eigenvalue weighted by Crippen LogP contribution is -2.25. The van der Waals surface area contributed by atoms with E-state index in [2.05, 4.69) is 5.32 Å². The van der Waals surface area contributed by atoms with Gasteiger partial charge in [0.15, 0.2) is 0 Å². The molecule has 1 aromatic rings. The van der Waals surface area contributed by atoms with Crippen LogP contribution in [0.3, 0.4) is 0 Å². The molecule has 0 aliphatic heterocycles. The number of carbonyl (C=O) groups is 2. The van der Waals surface area contributed by atoms with Gasteiger partial charge < -0.3 is 16.2 Å². The lowest BCUT2D eigenvalue weighted by molar-refractivity contribution is -0.121. The smallest absolute Gasteiger partial charge is 0.335 e. The average Bonchev–Trinajstić information content (AvgIpc) is 2.47. The standard InChI is InChI=1S/C16H24N2O3/c17-10-4-2-1-3-8-15(19)18-11-9-13-6-5-7-14(12-13)16(20)21/h5-7,12H,1-4,8-11,17H2,(H,18,19)(H,20,21). The molecule has 0 aliphatic carbocycles. The van der Waals surface area contributed by atoms with Gasteiger partial charge in [-0.15, -0.1) is 0 Å². The van der Waals surface area contributed by atoms with Gasteiger partial charge in [-0.05, 0) is 43.5 Å². The van der Waals surface area contributed by atoms with Crippen LogP contribution in [0.4, 0.5) is 0 Å². The topological polar surface area (TPSA) is 92.4 Å². The third-order valence-corrected chi connectivity index (χ3v) is 3.27. The van der Waals surface area contributed by atoms with Gasteiger partial charge in [0.2, 0.25) is 5.91 Å². The Labute approximate surface area is 125 Å². The van der Waals surface area contributed by atoms with Crippen molar-refractivity contribution in [2.75, 3.05) is 13.1 Å². The highest BCUT2D eigenvalue weighted by molar-refractivity contribution is 5.87. The zero-order chi connectivity index (χ0) is 15.5. The second kappa shape index (κ2) is 9.94. The number of nitrogens with two attached hydrogens (primary N) is 1. The molecule has 0 radical (unpaired) electrons. The van der Waals surface area contributed by atoms with Gasteiger partial charge in [0.25, 0.3) is 0 Å². The van der Waals surface area contributed by atoms with Crippen molar-refractivity contribution in [1.82, 2.24) is 5.32 Å². The van der Waals surface area contributed by atoms with Crippen molar-refractivity contribution < 1.29 is 14.7 Å². The van der Waals surface area contributed by atoms with E-state index < -0.39 is 5.97 Å². The zero-order valence-electron chi connectivity index (χ0n) is 12.3. The van der Waals surface area contributed by atoms with E-state index in [1.54, 1.807) is 18.2 Å². The summed E-state index contributed by atoms with van der Waals surface area (Å²) >= 11 is 0. The van der Waals surface area contributed by atoms with Crippen molar-refractivity contribution in [2.45, 2.75) is 38.5 Å². The summed E-state index contributed by atoms with van der Waals surface area (Å²) < 4.78 is 0. The Morgan fingerprint density at radius 2 is 1.90 bits per heavy atom. The summed E-state index contributed by atoms with van der Waals surface area (Å²) in [6.07, 6.45) is 5.19. The van der Waals surface area contributed by atoms with Crippen LogP contribution in [0, 0.1) is 0 Å². The first-order chi connectivity index (χ1) is 10.1. The van der Waals surface area contributed by atoms with Crippen LogP contribution in [0.15, 0.2) is 24.3 Å². The fourth-order valence-corrected chi connectivity index (χ4v) is 2.08. The lowest BCUT2D eigenvalue weighted by Gasteiger charge is -2.06. The summed E-state index contributed by atoms with van der Waals surface area (Å²) in [5.41, 5.74) is 6.60. The molecule has 1 amide bonds. The van der Waals surface area contributed by atoms with Gasteiger partial charge in [-0.1, -0.05) is 25.0 Å². The van der Waals surface area contributed by atoms with Gasteiger partial charge in [0, 0.05) is 13.0 Å². The summed E-state index contributed by atoms with van der Waals surface area (Å²) in [6.45, 7) is 1.24. The van der Waals surface area contributed by atoms with Gasteiger partial charge in [-0.2, -0.15) is 0 Å². The Morgan fingerprint density at radius 3 is 2.62 bits per heavy atom. The van der Waals surface area contributed by atoms with Crippen molar-refractivity contribution in [3.63, 3.8) is 0 Å². The number of carboxylic acid groups (broad SMARTS) is 1. The summed E-state index contributed by atoms with van der Waals surface area (Å²) in [5.74, 6) is -0.879. The van der Waals surface area contributed by atoms with Crippen LogP contribution >= 0.6 is 0 Å². The number of rotatable bonds is 10. The molecule has 0 unspecified atom stereocenters. The van der Waals surface area contributed by atoms with Crippen LogP contribution in [0.1, 0.15) is 48.0 Å². The highest BCUT2D eigenvalue weighted by Gasteiger charge is 2.04. The second-order valence-corrected chi connectivity index (χ2v) is 5.06. The van der Waals surface area contributed by atoms with Crippen molar-refractivity contribution in [2.24, 2.45) is 5.73 Å². The van der Waals surface area contributed by atoms with E-state index >= 15 is 0 Å². The number of carbonyl (C=O) groups excluding carboxylic acids is 1. The minimum Gasteiger partial charge on any atom is -0.478 e. The predicted octanol–water partition coefficient (Wildman–Crippen LogP) is 1.95. The number of benzene rings is 1. The summed E-state index contributed by atoms with van der Waals surface area (Å²) in [6, 6.07) is 6.79. The molecular weight excluding hydrogens is 268 g/mol. The predicted molar refractivity (Wildman–Crippen MR) is 82.3 cm³/mol. The van der Waals surface area contributed by atoms with Crippen molar-refractivity contribution in [3.05, 3.63) is 35.4 Å². The fraction of sp³-hybridized carbons (Fsp3) is 0.500. The second-order valence-electron chi connectivity index (χ2n) is 5.06. The molecule has 116 valence electrons. The molecule has 0 heterocycles. The van der Waals surface area contributed by atoms with Gasteiger partial charge in [-0.3, -0.25) is 4.79 Å². The monoisotopic (exact) mass is 292 g/mol. The van der Waals surface area contributed by atoms with Crippen molar-refractivity contribution in [1.29, 1.82) is 0 Å². The SMILES string of the molecule is NCCCCCCC(=O)NCCc1cccc(C(=O)O)c1. The number of nitrogens with one attached hydrogen (secondary N) is 1. The van der Waals surface area contributed by atoms with Gasteiger partial charge in [-0.25, -0.2) is 4.79 Å². The van der Waals surface area contributed by atoms with E-state index in [0.29, 0.717) is 25.9 Å². The molecule has 5 heteroatoms. The number of hydrogen-bond acceptors (Lipinski definition) is 3. The van der Waals surface area contributed by atoms with Gasteiger partial charge >= 0.3 is 5.97 Å². The van der Waals surface area contributed by atoms with Gasteiger partial charge in [0.1, 0.15) is 0 Å². The minimum absolute atomic E-state index is 0.0529. The number of unbranched alkanes of at least 4 members (excludes halogenated alkanes) is 3. The molecule has 0 aliphatic rings. The molecule has 0 aromatic heterocycles. The Balaban J connectivity index is 2.19. The molecule has 0 spiro atoms. The highest BCUT2D eigenvalue weighted by atomic mass is 16.4. The third kappa shape index (κ3) is 7.46. The first-order valence-corrected chi connectivity index (χ1v) is 7.42. The van der Waals surface area contributed by atoms with E-state index in [1.165, 1.54) is 0 Å². The number of hydrogen-bond donors (Lipinski definition) is 3. The van der Waals surface area contributed by atoms with E-state index in [1.807, 2.05) is 6.07 Å². The minimum atomic E-state index is -0.932. The van der Waals surface area contributed by atoms with Crippen LogP contribution in [-0.4, -0.2) is 30.1 Å². The Kier molecular flexibility index (Phi) is 8.12. The quantitative estimate of drug-likeness (QED) is 0.575. The maximum Gasteiger partial charge on any atom is 0.335 e. The van der Waals surface area contributed by atoms with Crippen molar-refractivity contribution in [3.8, 4) is 0 Å². The number of amides is 1. The summed E-state index contributed by atoms with van der Waals surface area (Å²) in [7, 11) is 0. The first-order valence-electron chi connectivity index (χ1n) is 7.42. The summed E-state index contributed by atoms with van der Waals surface area (Å²) in [5, 5.41) is 11.8. The normalized spacial score (nSPS) is 10.3. The van der Waals surface area contributed by atoms with Crippen LogP contribution in [0.5, 0.6) is 0 Å². The Hall–Kier alpha value is -1.88. The van der Waals surface area contributed by atoms with E-state index in [9.17, 15) is 9.59 Å². The molecule has 0 saturated heterocycles. The Bertz CT molecular complexity index is 461. The molecule has 5 nitrogen and oxygen atoms in total. The maximum absolute atomic E-state index is 11.6. The van der Waals surface area contributed by atoms with Crippen LogP contribution < -0.4 is 11.1 Å². The molecule has 0 atom stereocenters. The molecule has 0 saturated carbocycles. The molecule has 1 rings (SSSR count). The van der Waals surface area contributed by atoms with Crippen LogP contribution in [-0.2, 0) is 11.2 Å². The molecule has 0 bridgehead atoms. The van der Waals surface area contributed by atoms with Crippen molar-refractivity contribution >= 4 is 11.9 Å². The highest BCUT2D eigenvalue weighted by Crippen LogP contribution is 2.06. The summed E-state index contributed by atoms with van der Waals surface area (Å²) in [4.78, 5) is 22.5. The van der Waals surface area contributed by atoms with Crippen LogP contribution in [0.2, 0.25) is 0 Å². The number of carboxylic acids is 1. The third-order valence-electron chi connectivity index (χ3n) is 3.27. The van der Waals surface area contributed by atoms with Gasteiger partial charge in [0.05, 0.1) is 5.56 Å². The largest absolute Gasteiger partial charge is 0.478 e. The molecular formula is C16H24N2O3. The average molecular weight is 292 g/mol. The molecule has 0 fully saturated rings. The molecule has 4 N–H and O–H groups in total. The molecule has 1 aromatic carbocycles. The van der Waals surface area contributed by atoms with E-state index in [4.69, 9.17) is 10.8 Å². The maximum atomic E-state index is 11.6. The van der Waals surface area contributed by atoms with E-state index in [0.717, 1.165) is 31.2 Å². The van der Waals surface area contributed by atoms with E-state index in [-0.39, 0.29) is 11.5 Å². The molecule has 21 heavy (non-hydrogen) atoms. The van der Waals surface area contributed by atoms with Crippen LogP contribution in [0.25, 0.3) is 0 Å². The lowest BCUT2D eigenvalue weighted by atomic mass is 10.1. The zero-order valence-corrected chi connectivity index (χ0v) is 12.3. The number of aromatic carboxylic acids is 1. The Morgan fingerprint density at radius 1 is 1.14 bits per heavy atom.